The minimum atomic E-state index is -0.406. The molecule has 1 fully saturated rings. The van der Waals surface area contributed by atoms with Gasteiger partial charge in [0.25, 0.3) is 11.5 Å². The lowest BCUT2D eigenvalue weighted by molar-refractivity contribution is 0.0941. The Bertz CT molecular complexity index is 1740. The predicted octanol–water partition coefficient (Wildman–Crippen LogP) is 4.50. The molecule has 41 heavy (non-hydrogen) atoms. The first-order valence-electron chi connectivity index (χ1n) is 12.6. The van der Waals surface area contributed by atoms with E-state index in [4.69, 9.17) is 20.8 Å². The van der Waals surface area contributed by atoms with E-state index in [1.165, 1.54) is 50.7 Å². The molecule has 0 saturated carbocycles. The smallest absolute Gasteiger partial charge is 0.299 e. The number of ether oxygens (including phenoxy) is 1. The number of furan rings is 1. The van der Waals surface area contributed by atoms with E-state index in [0.29, 0.717) is 65.6 Å². The molecular formula is C27H23ClN6O5S2. The Labute approximate surface area is 246 Å². The van der Waals surface area contributed by atoms with Crippen molar-refractivity contribution in [2.24, 2.45) is 0 Å². The molecule has 0 atom stereocenters. The summed E-state index contributed by atoms with van der Waals surface area (Å²) < 4.78 is 18.1. The third-order valence-electron chi connectivity index (χ3n) is 6.51. The van der Waals surface area contributed by atoms with Crippen molar-refractivity contribution >= 4 is 57.8 Å². The zero-order valence-electron chi connectivity index (χ0n) is 21.5. The highest BCUT2D eigenvalue weighted by atomic mass is 35.5. The van der Waals surface area contributed by atoms with Crippen molar-refractivity contribution in [2.75, 3.05) is 36.5 Å². The van der Waals surface area contributed by atoms with Crippen molar-refractivity contribution in [3.63, 3.8) is 0 Å². The van der Waals surface area contributed by atoms with Crippen LogP contribution in [0.25, 0.3) is 11.3 Å². The Morgan fingerprint density at radius 3 is 2.66 bits per heavy atom. The fraction of sp³-hybridized carbons (Fsp3) is 0.222. The first-order chi connectivity index (χ1) is 20.0. The summed E-state index contributed by atoms with van der Waals surface area (Å²) in [5.74, 6) is 0.351. The van der Waals surface area contributed by atoms with Crippen LogP contribution in [0.5, 0.6) is 0 Å². The lowest BCUT2D eigenvalue weighted by Crippen LogP contribution is -2.40. The topological polar surface area (TPSA) is 124 Å². The number of halogens is 1. The van der Waals surface area contributed by atoms with Gasteiger partial charge in [0, 0.05) is 41.0 Å². The van der Waals surface area contributed by atoms with Crippen molar-refractivity contribution < 1.29 is 18.7 Å². The Hall–Kier alpha value is -4.04. The molecule has 5 aromatic heterocycles. The molecule has 1 saturated heterocycles. The number of pyridine rings is 1. The van der Waals surface area contributed by atoms with E-state index >= 15 is 0 Å². The van der Waals surface area contributed by atoms with E-state index < -0.39 is 5.91 Å². The fourth-order valence-electron chi connectivity index (χ4n) is 4.46. The summed E-state index contributed by atoms with van der Waals surface area (Å²) in [6, 6.07) is 11.9. The molecule has 5 aromatic rings. The molecule has 0 radical (unpaired) electrons. The number of thiophene rings is 1. The number of morpholine rings is 1. The Morgan fingerprint density at radius 1 is 1.10 bits per heavy atom. The highest BCUT2D eigenvalue weighted by molar-refractivity contribution is 7.16. The average molecular weight is 611 g/mol. The molecule has 0 amide bonds. The van der Waals surface area contributed by atoms with Crippen molar-refractivity contribution in [1.82, 2.24) is 18.7 Å². The van der Waals surface area contributed by atoms with Gasteiger partial charge in [-0.05, 0) is 41.9 Å². The van der Waals surface area contributed by atoms with Crippen LogP contribution in [-0.4, -0.2) is 56.7 Å². The highest BCUT2D eigenvalue weighted by Gasteiger charge is 2.23. The molecular weight excluding hydrogens is 588 g/mol. The molecule has 210 valence electrons. The van der Waals surface area contributed by atoms with Gasteiger partial charge in [-0.2, -0.15) is 14.2 Å². The monoisotopic (exact) mass is 610 g/mol. The minimum Gasteiger partial charge on any atom is -0.472 e. The van der Waals surface area contributed by atoms with Crippen molar-refractivity contribution in [1.29, 1.82) is 0 Å². The standard InChI is InChI=1S/C27H23ClN6O5S2/c28-23-2-1-19(41-23)14-29-24-13-21(30-34(24)27(37)20-4-10-40-31-20)18-11-25(32-5-8-38-9-6-32)33(26(36)12-18)15-22(35)17-3-7-39-16-17/h1-4,7,10-13,16,29H,5-6,8-9,14-15H2. The predicted molar refractivity (Wildman–Crippen MR) is 156 cm³/mol. The number of rotatable bonds is 9. The number of aromatic nitrogens is 4. The van der Waals surface area contributed by atoms with E-state index in [1.54, 1.807) is 23.6 Å². The van der Waals surface area contributed by atoms with E-state index in [0.717, 1.165) is 4.88 Å². The number of carbonyl (C=O) groups is 2. The quantitative estimate of drug-likeness (QED) is 0.240. The van der Waals surface area contributed by atoms with Gasteiger partial charge in [0.2, 0.25) is 0 Å². The Balaban J connectivity index is 1.39. The normalized spacial score (nSPS) is 13.4. The number of nitrogens with zero attached hydrogens (tertiary/aromatic N) is 5. The number of hydrogen-bond donors (Lipinski definition) is 1. The van der Waals surface area contributed by atoms with Crippen molar-refractivity contribution in [3.8, 4) is 11.3 Å². The zero-order chi connectivity index (χ0) is 28.3. The molecule has 0 aromatic carbocycles. The summed E-state index contributed by atoms with van der Waals surface area (Å²) in [7, 11) is 0. The Morgan fingerprint density at radius 2 is 1.95 bits per heavy atom. The van der Waals surface area contributed by atoms with E-state index in [2.05, 4.69) is 14.8 Å². The van der Waals surface area contributed by atoms with Gasteiger partial charge >= 0.3 is 0 Å². The van der Waals surface area contributed by atoms with Crippen LogP contribution in [0.2, 0.25) is 4.34 Å². The minimum absolute atomic E-state index is 0.154. The molecule has 0 unspecified atom stereocenters. The van der Waals surface area contributed by atoms with Gasteiger partial charge in [0.05, 0.1) is 48.2 Å². The van der Waals surface area contributed by atoms with Crippen LogP contribution in [0.1, 0.15) is 25.7 Å². The molecule has 0 bridgehead atoms. The maximum Gasteiger partial charge on any atom is 0.299 e. The largest absolute Gasteiger partial charge is 0.472 e. The fourth-order valence-corrected chi connectivity index (χ4v) is 5.99. The molecule has 14 heteroatoms. The molecule has 0 spiro atoms. The average Bonchev–Trinajstić information content (AvgIpc) is 3.80. The van der Waals surface area contributed by atoms with Gasteiger partial charge < -0.3 is 19.4 Å². The number of ketones is 1. The highest BCUT2D eigenvalue weighted by Crippen LogP contribution is 2.28. The maximum absolute atomic E-state index is 13.5. The van der Waals surface area contributed by atoms with E-state index in [-0.39, 0.29) is 23.6 Å². The van der Waals surface area contributed by atoms with Gasteiger partial charge in [-0.25, -0.2) is 0 Å². The summed E-state index contributed by atoms with van der Waals surface area (Å²) in [6.07, 6.45) is 2.78. The van der Waals surface area contributed by atoms with Gasteiger partial charge in [-0.3, -0.25) is 19.0 Å². The Kier molecular flexibility index (Phi) is 7.83. The third kappa shape index (κ3) is 5.88. The van der Waals surface area contributed by atoms with Crippen LogP contribution < -0.4 is 15.8 Å². The van der Waals surface area contributed by atoms with Gasteiger partial charge in [0.1, 0.15) is 23.6 Å². The van der Waals surface area contributed by atoms with Crippen LogP contribution in [0, 0.1) is 0 Å². The number of carbonyl (C=O) groups excluding carboxylic acids is 2. The van der Waals surface area contributed by atoms with Crippen molar-refractivity contribution in [2.45, 2.75) is 13.1 Å². The third-order valence-corrected chi connectivity index (χ3v) is 8.30. The first-order valence-corrected chi connectivity index (χ1v) is 14.7. The van der Waals surface area contributed by atoms with Crippen LogP contribution in [0.15, 0.2) is 69.6 Å². The molecule has 1 aliphatic rings. The summed E-state index contributed by atoms with van der Waals surface area (Å²) in [4.78, 5) is 42.7. The summed E-state index contributed by atoms with van der Waals surface area (Å²) >= 11 is 8.69. The van der Waals surface area contributed by atoms with Crippen LogP contribution in [-0.2, 0) is 17.8 Å². The number of nitrogens with one attached hydrogen (secondary N) is 1. The summed E-state index contributed by atoms with van der Waals surface area (Å²) in [6.45, 7) is 2.35. The molecule has 6 heterocycles. The molecule has 6 rings (SSSR count). The molecule has 0 aliphatic carbocycles. The summed E-state index contributed by atoms with van der Waals surface area (Å²) in [5, 5.41) is 9.57. The van der Waals surface area contributed by atoms with Gasteiger partial charge in [-0.1, -0.05) is 11.6 Å². The van der Waals surface area contributed by atoms with Gasteiger partial charge in [-0.15, -0.1) is 11.3 Å². The first kappa shape index (κ1) is 27.1. The van der Waals surface area contributed by atoms with Crippen molar-refractivity contribution in [3.05, 3.63) is 91.2 Å². The second kappa shape index (κ2) is 11.8. The zero-order valence-corrected chi connectivity index (χ0v) is 23.9. The lowest BCUT2D eigenvalue weighted by Gasteiger charge is -2.31. The van der Waals surface area contributed by atoms with Crippen LogP contribution >= 0.6 is 34.5 Å². The number of Topliss-reactive ketones (excluding diaryl/α,β-unsaturated/α-hetero) is 1. The van der Waals surface area contributed by atoms with E-state index in [9.17, 15) is 14.4 Å². The van der Waals surface area contributed by atoms with Crippen LogP contribution in [0.4, 0.5) is 11.6 Å². The number of hydrogen-bond acceptors (Lipinski definition) is 11. The second-order valence-corrected chi connectivity index (χ2v) is 11.6. The van der Waals surface area contributed by atoms with Gasteiger partial charge in [0.15, 0.2) is 5.78 Å². The van der Waals surface area contributed by atoms with E-state index in [1.807, 2.05) is 23.1 Å². The number of anilines is 2. The SMILES string of the molecule is O=C(Cn1c(N2CCOCC2)cc(-c2cc(NCc3ccc(Cl)s3)n(C(=O)c3ccsn3)n2)cc1=O)c1ccoc1. The molecule has 11 nitrogen and oxygen atoms in total. The molecule has 1 N–H and O–H groups in total. The summed E-state index contributed by atoms with van der Waals surface area (Å²) in [5.41, 5.74) is 1.20. The molecule has 1 aliphatic heterocycles. The second-order valence-electron chi connectivity index (χ2n) is 9.14. The maximum atomic E-state index is 13.5. The van der Waals surface area contributed by atoms with Crippen LogP contribution in [0.3, 0.4) is 0 Å². The lowest BCUT2D eigenvalue weighted by atomic mass is 10.1.